The van der Waals surface area contributed by atoms with Gasteiger partial charge in [-0.15, -0.1) is 0 Å². The third-order valence-electron chi connectivity index (χ3n) is 7.56. The first-order valence-corrected chi connectivity index (χ1v) is 10.9. The molecule has 156 valence electrons. The first-order chi connectivity index (χ1) is 14.9. The minimum atomic E-state index is -1.62. The summed E-state index contributed by atoms with van der Waals surface area (Å²) in [6.07, 6.45) is 1.46. The first-order valence-electron chi connectivity index (χ1n) is 10.5. The zero-order valence-electron chi connectivity index (χ0n) is 16.8. The number of rotatable bonds is 1. The van der Waals surface area contributed by atoms with E-state index >= 15 is 0 Å². The van der Waals surface area contributed by atoms with Gasteiger partial charge < -0.3 is 0 Å². The van der Waals surface area contributed by atoms with Crippen molar-refractivity contribution in [1.82, 2.24) is 4.90 Å². The molecule has 7 heteroatoms. The number of anilines is 1. The van der Waals surface area contributed by atoms with Gasteiger partial charge in [-0.3, -0.25) is 24.1 Å². The van der Waals surface area contributed by atoms with Crippen molar-refractivity contribution in [3.63, 3.8) is 0 Å². The number of carbonyl (C=O) groups excluding carboxylic acids is 4. The van der Waals surface area contributed by atoms with Gasteiger partial charge in [0.25, 0.3) is 0 Å². The summed E-state index contributed by atoms with van der Waals surface area (Å²) in [7, 11) is 0. The van der Waals surface area contributed by atoms with Gasteiger partial charge in [0.2, 0.25) is 11.8 Å². The van der Waals surface area contributed by atoms with E-state index in [0.29, 0.717) is 40.4 Å². The Morgan fingerprint density at radius 1 is 0.935 bits per heavy atom. The lowest BCUT2D eigenvalue weighted by Crippen LogP contribution is -2.59. The molecule has 31 heavy (non-hydrogen) atoms. The minimum absolute atomic E-state index is 0.298. The van der Waals surface area contributed by atoms with Gasteiger partial charge in [-0.1, -0.05) is 41.9 Å². The number of ketones is 2. The molecule has 3 aliphatic heterocycles. The van der Waals surface area contributed by atoms with E-state index in [1.54, 1.807) is 49.4 Å². The fourth-order valence-corrected chi connectivity index (χ4v) is 6.48. The molecule has 3 saturated heterocycles. The number of amides is 2. The third kappa shape index (κ3) is 2.03. The van der Waals surface area contributed by atoms with Gasteiger partial charge in [-0.2, -0.15) is 0 Å². The molecule has 1 aliphatic carbocycles. The summed E-state index contributed by atoms with van der Waals surface area (Å²) in [4.78, 5) is 58.0. The summed E-state index contributed by atoms with van der Waals surface area (Å²) in [6, 6.07) is 11.5. The van der Waals surface area contributed by atoms with E-state index in [-0.39, 0.29) is 23.5 Å². The summed E-state index contributed by atoms with van der Waals surface area (Å²) >= 11 is 6.26. The molecule has 0 bridgehead atoms. The molecule has 2 aromatic carbocycles. The number of Topliss-reactive ketones (excluding diaryl/α,β-unsaturated/α-hetero) is 2. The van der Waals surface area contributed by atoms with Crippen LogP contribution in [0.3, 0.4) is 0 Å². The van der Waals surface area contributed by atoms with Gasteiger partial charge in [0.15, 0.2) is 17.1 Å². The third-order valence-corrected chi connectivity index (χ3v) is 7.97. The number of benzene rings is 2. The smallest absolute Gasteiger partial charge is 0.240 e. The molecule has 0 radical (unpaired) electrons. The van der Waals surface area contributed by atoms with Crippen LogP contribution in [0.2, 0.25) is 5.02 Å². The molecule has 6 nitrogen and oxygen atoms in total. The summed E-state index contributed by atoms with van der Waals surface area (Å²) in [5.41, 5.74) is 0.110. The predicted octanol–water partition coefficient (Wildman–Crippen LogP) is 3.05. The van der Waals surface area contributed by atoms with Crippen LogP contribution in [-0.2, 0) is 9.59 Å². The number of hydrogen-bond donors (Lipinski definition) is 0. The second-order valence-corrected chi connectivity index (χ2v) is 9.18. The Morgan fingerprint density at radius 2 is 1.61 bits per heavy atom. The fourth-order valence-electron chi connectivity index (χ4n) is 6.31. The molecule has 2 amide bonds. The van der Waals surface area contributed by atoms with Crippen molar-refractivity contribution in [2.45, 2.75) is 31.3 Å². The number of nitrogens with zero attached hydrogens (tertiary/aromatic N) is 2. The second-order valence-electron chi connectivity index (χ2n) is 8.77. The average Bonchev–Trinajstić information content (AvgIpc) is 3.45. The minimum Gasteiger partial charge on any atom is -0.291 e. The molecule has 4 aliphatic rings. The molecule has 0 aromatic heterocycles. The predicted molar refractivity (Wildman–Crippen MR) is 113 cm³/mol. The zero-order chi connectivity index (χ0) is 21.7. The monoisotopic (exact) mass is 434 g/mol. The van der Waals surface area contributed by atoms with Crippen LogP contribution in [-0.4, -0.2) is 46.4 Å². The van der Waals surface area contributed by atoms with Crippen LogP contribution in [0.25, 0.3) is 0 Å². The van der Waals surface area contributed by atoms with Gasteiger partial charge in [-0.05, 0) is 44.0 Å². The van der Waals surface area contributed by atoms with Crippen molar-refractivity contribution >= 4 is 40.7 Å². The molecular weight excluding hydrogens is 416 g/mol. The van der Waals surface area contributed by atoms with Crippen molar-refractivity contribution in [1.29, 1.82) is 0 Å². The van der Waals surface area contributed by atoms with Crippen LogP contribution in [0.5, 0.6) is 0 Å². The lowest BCUT2D eigenvalue weighted by Gasteiger charge is -2.35. The number of imide groups is 1. The van der Waals surface area contributed by atoms with Crippen molar-refractivity contribution in [2.24, 2.45) is 11.8 Å². The SMILES string of the molecule is Cc1c(Cl)cccc1N1C(=O)C2C3CCCN3C3(C(=O)c4ccccc4C3=O)C2C1=O. The van der Waals surface area contributed by atoms with Gasteiger partial charge in [0, 0.05) is 22.2 Å². The highest BCUT2D eigenvalue weighted by Crippen LogP contribution is 2.57. The van der Waals surface area contributed by atoms with Crippen molar-refractivity contribution in [2.75, 3.05) is 11.4 Å². The normalized spacial score (nSPS) is 28.6. The van der Waals surface area contributed by atoms with Crippen LogP contribution >= 0.6 is 11.6 Å². The molecule has 3 atom stereocenters. The average molecular weight is 435 g/mol. The highest BCUT2D eigenvalue weighted by atomic mass is 35.5. The Hall–Kier alpha value is -2.83. The molecule has 1 spiro atoms. The van der Waals surface area contributed by atoms with Gasteiger partial charge >= 0.3 is 0 Å². The number of hydrogen-bond acceptors (Lipinski definition) is 5. The maximum Gasteiger partial charge on any atom is 0.240 e. The van der Waals surface area contributed by atoms with E-state index in [0.717, 1.165) is 11.3 Å². The molecule has 0 saturated carbocycles. The summed E-state index contributed by atoms with van der Waals surface area (Å²) < 4.78 is 0. The first kappa shape index (κ1) is 18.9. The summed E-state index contributed by atoms with van der Waals surface area (Å²) in [5, 5.41) is 0.452. The van der Waals surface area contributed by atoms with Crippen LogP contribution in [0, 0.1) is 18.8 Å². The molecule has 2 aromatic rings. The van der Waals surface area contributed by atoms with E-state index in [4.69, 9.17) is 11.6 Å². The standard InChI is InChI=1S/C24H19ClN2O4/c1-12-15(25)8-4-9-16(12)27-22(30)18-17-10-5-11-26(17)24(19(18)23(27)31)20(28)13-6-2-3-7-14(13)21(24)29/h2-4,6-9,17-19H,5,10-11H2,1H3. The van der Waals surface area contributed by atoms with E-state index in [2.05, 4.69) is 0 Å². The topological polar surface area (TPSA) is 74.8 Å². The van der Waals surface area contributed by atoms with Crippen molar-refractivity contribution < 1.29 is 19.2 Å². The number of fused-ring (bicyclic) bond motifs is 6. The van der Waals surface area contributed by atoms with Crippen LogP contribution in [0.15, 0.2) is 42.5 Å². The van der Waals surface area contributed by atoms with E-state index < -0.39 is 23.3 Å². The maximum absolute atomic E-state index is 13.8. The van der Waals surface area contributed by atoms with Crippen LogP contribution < -0.4 is 4.90 Å². The second kappa shape index (κ2) is 6.11. The highest BCUT2D eigenvalue weighted by molar-refractivity contribution is 6.38. The molecular formula is C24H19ClN2O4. The fraction of sp³-hybridized carbons (Fsp3) is 0.333. The lowest BCUT2D eigenvalue weighted by molar-refractivity contribution is -0.124. The van der Waals surface area contributed by atoms with Crippen molar-refractivity contribution in [3.05, 3.63) is 64.2 Å². The van der Waals surface area contributed by atoms with Gasteiger partial charge in [0.1, 0.15) is 0 Å². The molecule has 6 rings (SSSR count). The lowest BCUT2D eigenvalue weighted by atomic mass is 9.76. The van der Waals surface area contributed by atoms with Gasteiger partial charge in [-0.25, -0.2) is 4.90 Å². The van der Waals surface area contributed by atoms with Crippen molar-refractivity contribution in [3.8, 4) is 0 Å². The Labute approximate surface area is 183 Å². The Balaban J connectivity index is 1.56. The van der Waals surface area contributed by atoms with E-state index in [9.17, 15) is 19.2 Å². The van der Waals surface area contributed by atoms with Gasteiger partial charge in [0.05, 0.1) is 17.5 Å². The summed E-state index contributed by atoms with van der Waals surface area (Å²) in [6.45, 7) is 2.28. The largest absolute Gasteiger partial charge is 0.291 e. The molecule has 0 N–H and O–H groups in total. The zero-order valence-corrected chi connectivity index (χ0v) is 17.6. The number of halogens is 1. The molecule has 3 unspecified atom stereocenters. The molecule has 3 fully saturated rings. The summed E-state index contributed by atoms with van der Waals surface area (Å²) in [5.74, 6) is -3.25. The molecule has 3 heterocycles. The van der Waals surface area contributed by atoms with Crippen LogP contribution in [0.1, 0.15) is 39.1 Å². The van der Waals surface area contributed by atoms with E-state index in [1.807, 2.05) is 4.90 Å². The Morgan fingerprint density at radius 3 is 2.29 bits per heavy atom. The Kier molecular flexibility index (Phi) is 3.73. The van der Waals surface area contributed by atoms with Crippen LogP contribution in [0.4, 0.5) is 5.69 Å². The van der Waals surface area contributed by atoms with E-state index in [1.165, 1.54) is 0 Å². The Bertz CT molecular complexity index is 1190. The highest BCUT2D eigenvalue weighted by Gasteiger charge is 2.76. The number of carbonyl (C=O) groups is 4. The maximum atomic E-state index is 13.8. The quantitative estimate of drug-likeness (QED) is 0.509.